The number of hydrogen-bond acceptors (Lipinski definition) is 7. The van der Waals surface area contributed by atoms with Crippen LogP contribution in [0.25, 0.3) is 0 Å². The molecule has 1 unspecified atom stereocenters. The Morgan fingerprint density at radius 2 is 0.947 bits per heavy atom. The summed E-state index contributed by atoms with van der Waals surface area (Å²) in [6.07, 6.45) is 37.7. The van der Waals surface area contributed by atoms with Crippen molar-refractivity contribution in [1.29, 1.82) is 0 Å². The number of hydrogen-bond donors (Lipinski definition) is 0. The average molecular weight is 808 g/mol. The van der Waals surface area contributed by atoms with Crippen LogP contribution in [0.2, 0.25) is 0 Å². The van der Waals surface area contributed by atoms with Gasteiger partial charge in [-0.3, -0.25) is 9.59 Å². The van der Waals surface area contributed by atoms with Gasteiger partial charge in [-0.2, -0.15) is 0 Å². The summed E-state index contributed by atoms with van der Waals surface area (Å²) >= 11 is 0. The number of rotatable bonds is 42. The molecule has 1 aliphatic heterocycles. The van der Waals surface area contributed by atoms with E-state index >= 15 is 0 Å². The fourth-order valence-electron chi connectivity index (χ4n) is 8.42. The third-order valence-corrected chi connectivity index (χ3v) is 12.6. The van der Waals surface area contributed by atoms with Crippen molar-refractivity contribution in [3.63, 3.8) is 0 Å². The minimum absolute atomic E-state index is 0.00517. The van der Waals surface area contributed by atoms with Crippen LogP contribution in [0.3, 0.4) is 0 Å². The van der Waals surface area contributed by atoms with Crippen molar-refractivity contribution in [2.75, 3.05) is 40.0 Å². The molecule has 1 rings (SSSR count). The zero-order chi connectivity index (χ0) is 41.7. The average Bonchev–Trinajstić information content (AvgIpc) is 3.62. The Hall–Kier alpha value is -1.18. The van der Waals surface area contributed by atoms with E-state index in [-0.39, 0.29) is 18.0 Å². The smallest absolute Gasteiger partial charge is 0.305 e. The third kappa shape index (κ3) is 30.5. The molecule has 7 nitrogen and oxygen atoms in total. The predicted molar refractivity (Wildman–Crippen MR) is 241 cm³/mol. The highest BCUT2D eigenvalue weighted by Gasteiger charge is 2.40. The van der Waals surface area contributed by atoms with Crippen LogP contribution in [0, 0.1) is 11.8 Å². The van der Waals surface area contributed by atoms with E-state index in [2.05, 4.69) is 46.6 Å². The van der Waals surface area contributed by atoms with Crippen LogP contribution in [0.1, 0.15) is 247 Å². The van der Waals surface area contributed by atoms with Crippen molar-refractivity contribution in [1.82, 2.24) is 4.90 Å². The topological polar surface area (TPSA) is 74.3 Å². The Morgan fingerprint density at radius 1 is 0.561 bits per heavy atom. The molecule has 0 amide bonds. The molecule has 0 aromatic carbocycles. The van der Waals surface area contributed by atoms with Crippen molar-refractivity contribution in [3.8, 4) is 0 Å². The normalized spacial score (nSPS) is 15.4. The summed E-state index contributed by atoms with van der Waals surface area (Å²) in [5.74, 6) is 1.00. The SMILES string of the molecule is CCCCC(CCCC)CCOC(=O)CCCCCCCCCC1(CCCCCCCCCC(=O)OCCC(CCCC)CCCC)OCC(CCN(C)CC)O1. The second kappa shape index (κ2) is 37.8. The number of esters is 2. The lowest BCUT2D eigenvalue weighted by molar-refractivity contribution is -0.180. The molecular weight excluding hydrogens is 711 g/mol. The Kier molecular flexibility index (Phi) is 35.7. The van der Waals surface area contributed by atoms with Crippen LogP contribution in [0.15, 0.2) is 0 Å². The number of carbonyl (C=O) groups excluding carboxylic acids is 2. The second-order valence-electron chi connectivity index (χ2n) is 17.9. The standard InChI is InChI=1S/C50H97NO6/c1-7-12-30-45(31-13-8-2)37-42-54-48(52)34-26-22-18-16-20-24-28-39-50(56-44-47(57-50)36-41-51(6)11-5)40-29-25-21-17-19-23-27-35-49(53)55-43-38-46(32-14-9-3)33-15-10-4/h45-47H,7-44H2,1-6H3. The molecule has 0 spiro atoms. The quantitative estimate of drug-likeness (QED) is 0.0449. The van der Waals surface area contributed by atoms with Gasteiger partial charge in [0, 0.05) is 32.2 Å². The van der Waals surface area contributed by atoms with Gasteiger partial charge in [0.2, 0.25) is 0 Å². The zero-order valence-corrected chi connectivity index (χ0v) is 39.0. The van der Waals surface area contributed by atoms with Crippen LogP contribution in [-0.2, 0) is 28.5 Å². The van der Waals surface area contributed by atoms with Gasteiger partial charge in [0.05, 0.1) is 25.9 Å². The molecule has 0 aromatic rings. The molecule has 1 aliphatic rings. The summed E-state index contributed by atoms with van der Waals surface area (Å²) < 4.78 is 24.4. The van der Waals surface area contributed by atoms with E-state index in [4.69, 9.17) is 18.9 Å². The molecule has 1 atom stereocenters. The van der Waals surface area contributed by atoms with Crippen molar-refractivity contribution in [2.45, 2.75) is 258 Å². The van der Waals surface area contributed by atoms with E-state index in [9.17, 15) is 9.59 Å². The number of carbonyl (C=O) groups is 2. The first-order chi connectivity index (χ1) is 27.8. The molecule has 1 heterocycles. The fourth-order valence-corrected chi connectivity index (χ4v) is 8.42. The highest BCUT2D eigenvalue weighted by Crippen LogP contribution is 2.36. The van der Waals surface area contributed by atoms with Gasteiger partial charge in [-0.25, -0.2) is 0 Å². The number of nitrogens with zero attached hydrogens (tertiary/aromatic N) is 1. The fraction of sp³-hybridized carbons (Fsp3) is 0.960. The van der Waals surface area contributed by atoms with Crippen LogP contribution >= 0.6 is 0 Å². The maximum absolute atomic E-state index is 12.3. The molecule has 1 fully saturated rings. The predicted octanol–water partition coefficient (Wildman–Crippen LogP) is 14.3. The van der Waals surface area contributed by atoms with Crippen LogP contribution in [-0.4, -0.2) is 68.7 Å². The molecule has 57 heavy (non-hydrogen) atoms. The van der Waals surface area contributed by atoms with Gasteiger partial charge in [0.25, 0.3) is 0 Å². The Labute approximate surface area is 354 Å². The van der Waals surface area contributed by atoms with E-state index in [0.29, 0.717) is 37.9 Å². The maximum Gasteiger partial charge on any atom is 0.305 e. The molecule has 0 aromatic heterocycles. The van der Waals surface area contributed by atoms with Crippen molar-refractivity contribution >= 4 is 11.9 Å². The molecule has 338 valence electrons. The Balaban J connectivity index is 2.24. The van der Waals surface area contributed by atoms with E-state index < -0.39 is 5.79 Å². The summed E-state index contributed by atoms with van der Waals surface area (Å²) in [6.45, 7) is 15.3. The first-order valence-electron chi connectivity index (χ1n) is 25.1. The summed E-state index contributed by atoms with van der Waals surface area (Å²) in [5, 5.41) is 0. The van der Waals surface area contributed by atoms with Gasteiger partial charge in [-0.1, -0.05) is 176 Å². The van der Waals surface area contributed by atoms with Crippen LogP contribution < -0.4 is 0 Å². The van der Waals surface area contributed by atoms with Crippen LogP contribution in [0.5, 0.6) is 0 Å². The van der Waals surface area contributed by atoms with Gasteiger partial charge in [-0.15, -0.1) is 0 Å². The van der Waals surface area contributed by atoms with Crippen molar-refractivity contribution in [3.05, 3.63) is 0 Å². The summed E-state index contributed by atoms with van der Waals surface area (Å²) in [5.41, 5.74) is 0. The van der Waals surface area contributed by atoms with Gasteiger partial charge in [0.15, 0.2) is 5.79 Å². The lowest BCUT2D eigenvalue weighted by Gasteiger charge is -2.29. The van der Waals surface area contributed by atoms with E-state index in [1.807, 2.05) is 0 Å². The first-order valence-corrected chi connectivity index (χ1v) is 25.1. The van der Waals surface area contributed by atoms with Gasteiger partial charge in [0.1, 0.15) is 0 Å². The van der Waals surface area contributed by atoms with Gasteiger partial charge in [-0.05, 0) is 70.4 Å². The highest BCUT2D eigenvalue weighted by molar-refractivity contribution is 5.69. The van der Waals surface area contributed by atoms with Crippen LogP contribution in [0.4, 0.5) is 0 Å². The number of unbranched alkanes of at least 4 members (excludes halogenated alkanes) is 16. The molecule has 0 radical (unpaired) electrons. The minimum Gasteiger partial charge on any atom is -0.466 e. The molecule has 0 saturated carbocycles. The van der Waals surface area contributed by atoms with E-state index in [0.717, 1.165) is 90.3 Å². The largest absolute Gasteiger partial charge is 0.466 e. The number of ether oxygens (including phenoxy) is 4. The maximum atomic E-state index is 12.3. The molecular formula is C50H97NO6. The van der Waals surface area contributed by atoms with E-state index in [1.165, 1.54) is 128 Å². The Bertz CT molecular complexity index is 841. The van der Waals surface area contributed by atoms with Crippen molar-refractivity contribution < 1.29 is 28.5 Å². The zero-order valence-electron chi connectivity index (χ0n) is 39.0. The third-order valence-electron chi connectivity index (χ3n) is 12.6. The molecule has 7 heteroatoms. The highest BCUT2D eigenvalue weighted by atomic mass is 16.7. The lowest BCUT2D eigenvalue weighted by Crippen LogP contribution is -2.32. The van der Waals surface area contributed by atoms with Gasteiger partial charge >= 0.3 is 11.9 Å². The monoisotopic (exact) mass is 808 g/mol. The Morgan fingerprint density at radius 3 is 1.33 bits per heavy atom. The summed E-state index contributed by atoms with van der Waals surface area (Å²) in [6, 6.07) is 0. The minimum atomic E-state index is -0.409. The molecule has 0 bridgehead atoms. The summed E-state index contributed by atoms with van der Waals surface area (Å²) in [7, 11) is 2.18. The van der Waals surface area contributed by atoms with Crippen molar-refractivity contribution in [2.24, 2.45) is 11.8 Å². The molecule has 0 aliphatic carbocycles. The van der Waals surface area contributed by atoms with E-state index in [1.54, 1.807) is 0 Å². The molecule has 1 saturated heterocycles. The van der Waals surface area contributed by atoms with Gasteiger partial charge < -0.3 is 23.8 Å². The first kappa shape index (κ1) is 53.8. The summed E-state index contributed by atoms with van der Waals surface area (Å²) in [4.78, 5) is 27.0. The lowest BCUT2D eigenvalue weighted by atomic mass is 9.93. The second-order valence-corrected chi connectivity index (χ2v) is 17.9. The molecule has 0 N–H and O–H groups in total.